The van der Waals surface area contributed by atoms with Crippen molar-refractivity contribution >= 4 is 23.2 Å². The topological polar surface area (TPSA) is 25.8 Å². The van der Waals surface area contributed by atoms with Crippen molar-refractivity contribution in [3.05, 3.63) is 47.4 Å². The maximum atomic E-state index is 5.89. The molecule has 0 aromatic carbocycles. The second kappa shape index (κ2) is 4.60. The number of halogens is 2. The van der Waals surface area contributed by atoms with Crippen LogP contribution in [0.5, 0.6) is 0 Å². The van der Waals surface area contributed by atoms with E-state index in [0.29, 0.717) is 11.0 Å². The molecule has 0 bridgehead atoms. The van der Waals surface area contributed by atoms with Gasteiger partial charge in [-0.05, 0) is 29.8 Å². The van der Waals surface area contributed by atoms with Crippen LogP contribution in [0.25, 0.3) is 11.3 Å². The largest absolute Gasteiger partial charge is 0.265 e. The fourth-order valence-corrected chi connectivity index (χ4v) is 1.68. The van der Waals surface area contributed by atoms with Crippen molar-refractivity contribution in [2.45, 2.75) is 5.88 Å². The number of rotatable bonds is 2. The summed E-state index contributed by atoms with van der Waals surface area (Å²) >= 11 is 11.7. The summed E-state index contributed by atoms with van der Waals surface area (Å²) in [7, 11) is 0. The molecule has 0 aliphatic heterocycles. The summed E-state index contributed by atoms with van der Waals surface area (Å²) in [6.07, 6.45) is 3.44. The van der Waals surface area contributed by atoms with Gasteiger partial charge in [-0.15, -0.1) is 11.6 Å². The van der Waals surface area contributed by atoms with Gasteiger partial charge in [-0.2, -0.15) is 0 Å². The summed E-state index contributed by atoms with van der Waals surface area (Å²) in [4.78, 5) is 8.18. The van der Waals surface area contributed by atoms with Crippen molar-refractivity contribution in [3.63, 3.8) is 0 Å². The predicted octanol–water partition coefficient (Wildman–Crippen LogP) is 3.54. The first kappa shape index (κ1) is 10.4. The van der Waals surface area contributed by atoms with E-state index in [9.17, 15) is 0 Å². The van der Waals surface area contributed by atoms with Gasteiger partial charge in [0.2, 0.25) is 0 Å². The van der Waals surface area contributed by atoms with Crippen molar-refractivity contribution in [1.29, 1.82) is 0 Å². The van der Waals surface area contributed by atoms with Crippen LogP contribution in [0.4, 0.5) is 0 Å². The lowest BCUT2D eigenvalue weighted by molar-refractivity contribution is 1.25. The summed E-state index contributed by atoms with van der Waals surface area (Å²) in [5, 5.41) is 0.458. The number of pyridine rings is 2. The third-order valence-electron chi connectivity index (χ3n) is 1.98. The van der Waals surface area contributed by atoms with Crippen molar-refractivity contribution < 1.29 is 0 Å². The molecular weight excluding hydrogens is 231 g/mol. The molecule has 4 heteroatoms. The van der Waals surface area contributed by atoms with Gasteiger partial charge in [0.25, 0.3) is 0 Å². The van der Waals surface area contributed by atoms with Crippen molar-refractivity contribution in [3.8, 4) is 11.3 Å². The van der Waals surface area contributed by atoms with Crippen molar-refractivity contribution in [2.75, 3.05) is 0 Å². The number of hydrogen-bond donors (Lipinski definition) is 0. The van der Waals surface area contributed by atoms with Crippen LogP contribution < -0.4 is 0 Å². The Morgan fingerprint density at radius 2 is 1.87 bits per heavy atom. The van der Waals surface area contributed by atoms with Gasteiger partial charge in [0, 0.05) is 23.8 Å². The van der Waals surface area contributed by atoms with Gasteiger partial charge in [-0.25, -0.2) is 4.98 Å². The van der Waals surface area contributed by atoms with Crippen LogP contribution >= 0.6 is 23.2 Å². The van der Waals surface area contributed by atoms with E-state index in [0.717, 1.165) is 16.8 Å². The molecule has 0 saturated heterocycles. The molecule has 0 spiro atoms. The third kappa shape index (κ3) is 2.46. The lowest BCUT2D eigenvalue weighted by Crippen LogP contribution is -1.88. The normalized spacial score (nSPS) is 10.3. The zero-order chi connectivity index (χ0) is 10.7. The first-order valence-corrected chi connectivity index (χ1v) is 5.33. The molecule has 76 valence electrons. The van der Waals surface area contributed by atoms with Crippen LogP contribution in [0.3, 0.4) is 0 Å². The van der Waals surface area contributed by atoms with E-state index in [1.54, 1.807) is 18.5 Å². The predicted molar refractivity (Wildman–Crippen MR) is 62.0 cm³/mol. The quantitative estimate of drug-likeness (QED) is 0.591. The highest BCUT2D eigenvalue weighted by atomic mass is 35.5. The van der Waals surface area contributed by atoms with Crippen LogP contribution in [-0.2, 0) is 5.88 Å². The Hall–Kier alpha value is -1.12. The van der Waals surface area contributed by atoms with Crippen LogP contribution in [0.2, 0.25) is 5.15 Å². The van der Waals surface area contributed by atoms with Crippen LogP contribution in [0.1, 0.15) is 5.56 Å². The number of nitrogens with zero attached hydrogens (tertiary/aromatic N) is 2. The second-order valence-electron chi connectivity index (χ2n) is 3.05. The van der Waals surface area contributed by atoms with Crippen LogP contribution in [0, 0.1) is 0 Å². The molecule has 0 aliphatic rings. The van der Waals surface area contributed by atoms with E-state index < -0.39 is 0 Å². The fraction of sp³-hybridized carbons (Fsp3) is 0.0909. The molecule has 0 aliphatic carbocycles. The minimum Gasteiger partial charge on any atom is -0.265 e. The smallest absolute Gasteiger partial charge is 0.130 e. The molecule has 0 amide bonds. The number of hydrogen-bond acceptors (Lipinski definition) is 2. The first-order chi connectivity index (χ1) is 7.29. The fourth-order valence-electron chi connectivity index (χ4n) is 1.30. The molecule has 0 atom stereocenters. The van der Waals surface area contributed by atoms with Gasteiger partial charge < -0.3 is 0 Å². The monoisotopic (exact) mass is 238 g/mol. The first-order valence-electron chi connectivity index (χ1n) is 4.42. The van der Waals surface area contributed by atoms with Gasteiger partial charge in [0.15, 0.2) is 0 Å². The lowest BCUT2D eigenvalue weighted by atomic mass is 10.1. The molecule has 0 N–H and O–H groups in total. The summed E-state index contributed by atoms with van der Waals surface area (Å²) < 4.78 is 0. The van der Waals surface area contributed by atoms with E-state index in [2.05, 4.69) is 9.97 Å². The van der Waals surface area contributed by atoms with E-state index in [-0.39, 0.29) is 0 Å². The summed E-state index contributed by atoms with van der Waals surface area (Å²) in [5.74, 6) is 0.431. The van der Waals surface area contributed by atoms with E-state index >= 15 is 0 Å². The average molecular weight is 239 g/mol. The zero-order valence-electron chi connectivity index (χ0n) is 7.82. The van der Waals surface area contributed by atoms with Crippen molar-refractivity contribution in [1.82, 2.24) is 9.97 Å². The molecule has 0 radical (unpaired) electrons. The number of alkyl halides is 1. The average Bonchev–Trinajstić information content (AvgIpc) is 2.29. The summed E-state index contributed by atoms with van der Waals surface area (Å²) in [5.41, 5.74) is 2.77. The lowest BCUT2D eigenvalue weighted by Gasteiger charge is -2.03. The molecule has 15 heavy (non-hydrogen) atoms. The Bertz CT molecular complexity index is 457. The Balaban J connectivity index is 2.49. The maximum absolute atomic E-state index is 5.89. The highest BCUT2D eigenvalue weighted by Crippen LogP contribution is 2.21. The van der Waals surface area contributed by atoms with Gasteiger partial charge in [-0.1, -0.05) is 11.6 Å². The molecular formula is C11H8Cl2N2. The Morgan fingerprint density at radius 1 is 1.13 bits per heavy atom. The summed E-state index contributed by atoms with van der Waals surface area (Å²) in [6, 6.07) is 7.46. The van der Waals surface area contributed by atoms with Crippen LogP contribution in [0.15, 0.2) is 36.7 Å². The van der Waals surface area contributed by atoms with E-state index in [1.807, 2.05) is 18.2 Å². The van der Waals surface area contributed by atoms with Crippen molar-refractivity contribution in [2.24, 2.45) is 0 Å². The molecule has 0 fully saturated rings. The van der Waals surface area contributed by atoms with Gasteiger partial charge >= 0.3 is 0 Å². The van der Waals surface area contributed by atoms with Gasteiger partial charge in [0.1, 0.15) is 5.15 Å². The van der Waals surface area contributed by atoms with E-state index in [4.69, 9.17) is 23.2 Å². The molecule has 0 unspecified atom stereocenters. The number of aromatic nitrogens is 2. The van der Waals surface area contributed by atoms with Gasteiger partial charge in [0.05, 0.1) is 5.69 Å². The molecule has 2 heterocycles. The minimum atomic E-state index is 0.431. The Morgan fingerprint density at radius 3 is 2.53 bits per heavy atom. The highest BCUT2D eigenvalue weighted by Gasteiger charge is 2.02. The molecule has 2 rings (SSSR count). The maximum Gasteiger partial charge on any atom is 0.130 e. The summed E-state index contributed by atoms with van der Waals surface area (Å²) in [6.45, 7) is 0. The SMILES string of the molecule is ClCc1cc(Cl)nc(-c2ccncc2)c1. The minimum absolute atomic E-state index is 0.431. The molecule has 2 aromatic heterocycles. The zero-order valence-corrected chi connectivity index (χ0v) is 9.33. The van der Waals surface area contributed by atoms with Crippen LogP contribution in [-0.4, -0.2) is 9.97 Å². The van der Waals surface area contributed by atoms with E-state index in [1.165, 1.54) is 0 Å². The Labute approximate surface area is 97.9 Å². The second-order valence-corrected chi connectivity index (χ2v) is 3.71. The molecule has 2 aromatic rings. The molecule has 0 saturated carbocycles. The Kier molecular flexibility index (Phi) is 3.19. The third-order valence-corrected chi connectivity index (χ3v) is 2.49. The van der Waals surface area contributed by atoms with Gasteiger partial charge in [-0.3, -0.25) is 4.98 Å². The standard InChI is InChI=1S/C11H8Cl2N2/c12-7-8-5-10(15-11(13)6-8)9-1-3-14-4-2-9/h1-6H,7H2. The molecule has 2 nitrogen and oxygen atoms in total. The highest BCUT2D eigenvalue weighted by molar-refractivity contribution is 6.29.